The van der Waals surface area contributed by atoms with E-state index < -0.39 is 17.5 Å². The van der Waals surface area contributed by atoms with Crippen molar-refractivity contribution in [3.8, 4) is 5.75 Å². The quantitative estimate of drug-likeness (QED) is 0.500. The average molecular weight is 456 g/mol. The maximum atomic E-state index is 13.8. The first kappa shape index (κ1) is 23.9. The lowest BCUT2D eigenvalue weighted by molar-refractivity contribution is 0.0944. The Labute approximate surface area is 190 Å². The van der Waals surface area contributed by atoms with E-state index in [1.807, 2.05) is 20.8 Å². The van der Waals surface area contributed by atoms with Gasteiger partial charge in [0, 0.05) is 30.9 Å². The van der Waals surface area contributed by atoms with Crippen molar-refractivity contribution in [2.45, 2.75) is 33.9 Å². The number of hydrogen-bond acceptors (Lipinski definition) is 4. The number of anilines is 1. The van der Waals surface area contributed by atoms with Gasteiger partial charge in [-0.2, -0.15) is 5.10 Å². The minimum Gasteiger partial charge on any atom is -0.486 e. The highest BCUT2D eigenvalue weighted by atomic mass is 19.1. The molecule has 0 saturated carbocycles. The zero-order chi connectivity index (χ0) is 24.0. The molecule has 9 heteroatoms. The molecule has 0 unspecified atom stereocenters. The number of carbonyl (C=O) groups excluding carboxylic acids is 2. The Balaban J connectivity index is 1.72. The number of amides is 2. The summed E-state index contributed by atoms with van der Waals surface area (Å²) in [6.45, 7) is 6.85. The number of carbonyl (C=O) groups is 2. The second-order valence-corrected chi connectivity index (χ2v) is 7.87. The van der Waals surface area contributed by atoms with Crippen LogP contribution in [0.4, 0.5) is 14.5 Å². The van der Waals surface area contributed by atoms with Gasteiger partial charge in [-0.1, -0.05) is 26.0 Å². The molecule has 1 aromatic heterocycles. The first-order valence-electron chi connectivity index (χ1n) is 10.6. The molecule has 0 spiro atoms. The number of rotatable bonds is 9. The highest BCUT2D eigenvalue weighted by molar-refractivity contribution is 6.08. The fraction of sp³-hybridized carbons (Fsp3) is 0.292. The first-order valence-corrected chi connectivity index (χ1v) is 10.6. The molecule has 0 atom stereocenters. The van der Waals surface area contributed by atoms with Gasteiger partial charge in [0.2, 0.25) is 0 Å². The van der Waals surface area contributed by atoms with Crippen molar-refractivity contribution < 1.29 is 23.1 Å². The van der Waals surface area contributed by atoms with Gasteiger partial charge < -0.3 is 15.4 Å². The molecule has 3 aromatic rings. The van der Waals surface area contributed by atoms with E-state index in [1.54, 1.807) is 35.1 Å². The zero-order valence-electron chi connectivity index (χ0n) is 18.7. The topological polar surface area (TPSA) is 85.2 Å². The fourth-order valence-electron chi connectivity index (χ4n) is 2.97. The molecule has 174 valence electrons. The van der Waals surface area contributed by atoms with E-state index in [0.717, 1.165) is 12.1 Å². The Hall–Kier alpha value is -3.75. The summed E-state index contributed by atoms with van der Waals surface area (Å²) >= 11 is 0. The van der Waals surface area contributed by atoms with Crippen LogP contribution in [0.2, 0.25) is 0 Å². The third kappa shape index (κ3) is 6.38. The molecule has 2 amide bonds. The number of benzene rings is 2. The van der Waals surface area contributed by atoms with Crippen molar-refractivity contribution in [3.63, 3.8) is 0 Å². The van der Waals surface area contributed by atoms with Crippen molar-refractivity contribution in [2.75, 3.05) is 11.9 Å². The summed E-state index contributed by atoms with van der Waals surface area (Å²) in [5.74, 6) is -2.11. The van der Waals surface area contributed by atoms with Crippen molar-refractivity contribution in [1.29, 1.82) is 0 Å². The van der Waals surface area contributed by atoms with Crippen LogP contribution in [0.3, 0.4) is 0 Å². The Morgan fingerprint density at radius 2 is 1.91 bits per heavy atom. The van der Waals surface area contributed by atoms with Gasteiger partial charge in [-0.05, 0) is 42.7 Å². The summed E-state index contributed by atoms with van der Waals surface area (Å²) in [6, 6.07) is 9.65. The minimum absolute atomic E-state index is 0.0136. The third-order valence-corrected chi connectivity index (χ3v) is 4.70. The summed E-state index contributed by atoms with van der Waals surface area (Å²) in [5.41, 5.74) is 1.38. The van der Waals surface area contributed by atoms with Crippen molar-refractivity contribution in [1.82, 2.24) is 15.1 Å². The molecule has 0 aliphatic rings. The first-order chi connectivity index (χ1) is 15.8. The molecule has 2 aromatic carbocycles. The van der Waals surface area contributed by atoms with Gasteiger partial charge >= 0.3 is 0 Å². The molecular weight excluding hydrogens is 430 g/mol. The molecule has 7 nitrogen and oxygen atoms in total. The van der Waals surface area contributed by atoms with Crippen molar-refractivity contribution in [3.05, 3.63) is 77.1 Å². The Kier molecular flexibility index (Phi) is 7.76. The van der Waals surface area contributed by atoms with Crippen molar-refractivity contribution >= 4 is 17.5 Å². The lowest BCUT2D eigenvalue weighted by atomic mass is 10.1. The summed E-state index contributed by atoms with van der Waals surface area (Å²) < 4.78 is 33.8. The maximum Gasteiger partial charge on any atom is 0.273 e. The van der Waals surface area contributed by atoms with Crippen LogP contribution in [0.5, 0.6) is 5.75 Å². The smallest absolute Gasteiger partial charge is 0.273 e. The van der Waals surface area contributed by atoms with E-state index >= 15 is 0 Å². The largest absolute Gasteiger partial charge is 0.486 e. The molecule has 33 heavy (non-hydrogen) atoms. The molecule has 0 fully saturated rings. The molecule has 0 aliphatic heterocycles. The van der Waals surface area contributed by atoms with E-state index in [4.69, 9.17) is 4.74 Å². The number of aryl methyl sites for hydroxylation is 1. The molecule has 0 aliphatic carbocycles. The number of halogens is 2. The maximum absolute atomic E-state index is 13.8. The summed E-state index contributed by atoms with van der Waals surface area (Å²) in [5, 5.41) is 9.80. The van der Waals surface area contributed by atoms with Gasteiger partial charge in [-0.25, -0.2) is 8.78 Å². The van der Waals surface area contributed by atoms with Crippen LogP contribution in [0.25, 0.3) is 0 Å². The summed E-state index contributed by atoms with van der Waals surface area (Å²) in [7, 11) is 0. The number of nitrogens with one attached hydrogen (secondary N) is 2. The summed E-state index contributed by atoms with van der Waals surface area (Å²) in [4.78, 5) is 25.4. The molecule has 0 saturated heterocycles. The van der Waals surface area contributed by atoms with Gasteiger partial charge in [-0.15, -0.1) is 0 Å². The van der Waals surface area contributed by atoms with Crippen LogP contribution in [0.1, 0.15) is 47.2 Å². The molecule has 3 rings (SSSR count). The molecule has 0 bridgehead atoms. The highest BCUT2D eigenvalue weighted by Crippen LogP contribution is 2.20. The lowest BCUT2D eigenvalue weighted by Crippen LogP contribution is -2.28. The monoisotopic (exact) mass is 456 g/mol. The number of hydrogen-bond donors (Lipinski definition) is 2. The van der Waals surface area contributed by atoms with Gasteiger partial charge in [-0.3, -0.25) is 14.3 Å². The van der Waals surface area contributed by atoms with E-state index in [9.17, 15) is 18.4 Å². The second-order valence-electron chi connectivity index (χ2n) is 7.87. The second kappa shape index (κ2) is 10.7. The Morgan fingerprint density at radius 3 is 2.61 bits per heavy atom. The van der Waals surface area contributed by atoms with Crippen LogP contribution < -0.4 is 15.4 Å². The fourth-order valence-corrected chi connectivity index (χ4v) is 2.97. The van der Waals surface area contributed by atoms with Crippen LogP contribution in [0.15, 0.2) is 48.7 Å². The SMILES string of the molecule is CCn1cc(NC(=O)c2cccc(COc3ccc(F)cc3F)c2)c(C(=O)NCC(C)C)n1. The summed E-state index contributed by atoms with van der Waals surface area (Å²) in [6.07, 6.45) is 1.60. The number of ether oxygens (including phenoxy) is 1. The van der Waals surface area contributed by atoms with Crippen LogP contribution in [-0.2, 0) is 13.2 Å². The van der Waals surface area contributed by atoms with E-state index in [0.29, 0.717) is 29.9 Å². The zero-order valence-corrected chi connectivity index (χ0v) is 18.7. The van der Waals surface area contributed by atoms with Crippen LogP contribution >= 0.6 is 0 Å². The van der Waals surface area contributed by atoms with Gasteiger partial charge in [0.15, 0.2) is 17.3 Å². The van der Waals surface area contributed by atoms with Gasteiger partial charge in [0.25, 0.3) is 11.8 Å². The third-order valence-electron chi connectivity index (χ3n) is 4.70. The van der Waals surface area contributed by atoms with Crippen molar-refractivity contribution in [2.24, 2.45) is 5.92 Å². The molecule has 2 N–H and O–H groups in total. The van der Waals surface area contributed by atoms with Crippen LogP contribution in [-0.4, -0.2) is 28.1 Å². The van der Waals surface area contributed by atoms with Gasteiger partial charge in [0.05, 0.1) is 5.69 Å². The highest BCUT2D eigenvalue weighted by Gasteiger charge is 2.19. The van der Waals surface area contributed by atoms with E-state index in [-0.39, 0.29) is 29.9 Å². The Bertz CT molecular complexity index is 1140. The normalized spacial score (nSPS) is 10.8. The lowest BCUT2D eigenvalue weighted by Gasteiger charge is -2.10. The average Bonchev–Trinajstić information content (AvgIpc) is 3.20. The van der Waals surface area contributed by atoms with E-state index in [2.05, 4.69) is 15.7 Å². The van der Waals surface area contributed by atoms with Gasteiger partial charge in [0.1, 0.15) is 12.4 Å². The minimum atomic E-state index is -0.805. The van der Waals surface area contributed by atoms with E-state index in [1.165, 1.54) is 6.07 Å². The molecule has 0 radical (unpaired) electrons. The predicted octanol–water partition coefficient (Wildman–Crippen LogP) is 4.40. The standard InChI is InChI=1S/C24H26F2N4O3/c1-4-30-13-20(22(29-30)24(32)27-12-15(2)3)28-23(31)17-7-5-6-16(10-17)14-33-21-9-8-18(25)11-19(21)26/h5-11,13,15H,4,12,14H2,1-3H3,(H,27,32)(H,28,31). The molecule has 1 heterocycles. The van der Waals surface area contributed by atoms with Crippen LogP contribution in [0, 0.1) is 17.6 Å². The number of nitrogens with zero attached hydrogens (tertiary/aromatic N) is 2. The Morgan fingerprint density at radius 1 is 1.12 bits per heavy atom. The predicted molar refractivity (Wildman–Crippen MR) is 120 cm³/mol. The molecular formula is C24H26F2N4O3. The number of aromatic nitrogens is 2.